The van der Waals surface area contributed by atoms with Gasteiger partial charge in [-0.3, -0.25) is 4.90 Å². The first-order valence-electron chi connectivity index (χ1n) is 6.70. The second kappa shape index (κ2) is 6.22. The molecule has 0 aromatic carbocycles. The minimum absolute atomic E-state index is 0.168. The molecular weight excluding hydrogens is 280 g/mol. The minimum Gasteiger partial charge on any atom is -0.391 e. The van der Waals surface area contributed by atoms with E-state index < -0.39 is 5.60 Å². The van der Waals surface area contributed by atoms with Crippen LogP contribution in [-0.2, 0) is 6.61 Å². The number of piperazine rings is 1. The molecule has 1 aliphatic rings. The average molecular weight is 301 g/mol. The predicted molar refractivity (Wildman–Crippen MR) is 77.9 cm³/mol. The van der Waals surface area contributed by atoms with Crippen LogP contribution in [0, 0.1) is 0 Å². The van der Waals surface area contributed by atoms with Crippen LogP contribution in [0.1, 0.15) is 19.4 Å². The molecule has 2 N–H and O–H groups in total. The standard InChI is InChI=1S/C13H21ClN4O2/c1-13(2,20)8-17-3-5-18(6-4-17)12-10(7-19)11(14)15-9-16-12/h9,19-20H,3-8H2,1-2H3. The van der Waals surface area contributed by atoms with Crippen LogP contribution in [0.2, 0.25) is 5.15 Å². The number of β-amino-alcohol motifs (C(OH)–C–C–N with tert-alkyl or cyclic N) is 1. The van der Waals surface area contributed by atoms with Gasteiger partial charge in [0, 0.05) is 32.7 Å². The summed E-state index contributed by atoms with van der Waals surface area (Å²) in [5.74, 6) is 0.704. The molecule has 0 bridgehead atoms. The van der Waals surface area contributed by atoms with Crippen molar-refractivity contribution in [1.82, 2.24) is 14.9 Å². The average Bonchev–Trinajstić information content (AvgIpc) is 2.37. The van der Waals surface area contributed by atoms with Crippen molar-refractivity contribution < 1.29 is 10.2 Å². The van der Waals surface area contributed by atoms with E-state index in [-0.39, 0.29) is 6.61 Å². The van der Waals surface area contributed by atoms with Gasteiger partial charge in [-0.1, -0.05) is 11.6 Å². The van der Waals surface area contributed by atoms with Crippen LogP contribution in [0.4, 0.5) is 5.82 Å². The van der Waals surface area contributed by atoms with Crippen molar-refractivity contribution >= 4 is 17.4 Å². The smallest absolute Gasteiger partial charge is 0.140 e. The molecule has 1 aromatic heterocycles. The fourth-order valence-electron chi connectivity index (χ4n) is 2.46. The molecule has 7 heteroatoms. The van der Waals surface area contributed by atoms with Crippen molar-refractivity contribution in [3.05, 3.63) is 17.0 Å². The van der Waals surface area contributed by atoms with E-state index in [0.717, 1.165) is 26.2 Å². The Morgan fingerprint density at radius 2 is 1.90 bits per heavy atom. The summed E-state index contributed by atoms with van der Waals surface area (Å²) in [5.41, 5.74) is -0.110. The minimum atomic E-state index is -0.684. The van der Waals surface area contributed by atoms with Crippen LogP contribution >= 0.6 is 11.6 Å². The molecule has 1 saturated heterocycles. The van der Waals surface area contributed by atoms with Crippen LogP contribution in [0.3, 0.4) is 0 Å². The van der Waals surface area contributed by atoms with E-state index in [9.17, 15) is 10.2 Å². The van der Waals surface area contributed by atoms with Gasteiger partial charge in [0.2, 0.25) is 0 Å². The normalized spacial score (nSPS) is 17.6. The van der Waals surface area contributed by atoms with Crippen molar-refractivity contribution in [1.29, 1.82) is 0 Å². The molecule has 20 heavy (non-hydrogen) atoms. The Morgan fingerprint density at radius 3 is 2.45 bits per heavy atom. The molecule has 0 amide bonds. The Kier molecular flexibility index (Phi) is 4.80. The zero-order valence-corrected chi connectivity index (χ0v) is 12.6. The summed E-state index contributed by atoms with van der Waals surface area (Å²) in [5, 5.41) is 19.5. The van der Waals surface area contributed by atoms with Crippen LogP contribution < -0.4 is 4.90 Å². The number of halogens is 1. The molecule has 112 valence electrons. The highest BCUT2D eigenvalue weighted by Gasteiger charge is 2.24. The Hall–Kier alpha value is -0.950. The van der Waals surface area contributed by atoms with E-state index in [1.165, 1.54) is 6.33 Å². The van der Waals surface area contributed by atoms with Crippen LogP contribution in [-0.4, -0.2) is 63.4 Å². The van der Waals surface area contributed by atoms with Crippen LogP contribution in [0.15, 0.2) is 6.33 Å². The number of anilines is 1. The number of rotatable bonds is 4. The highest BCUT2D eigenvalue weighted by Crippen LogP contribution is 2.24. The number of hydrogen-bond acceptors (Lipinski definition) is 6. The van der Waals surface area contributed by atoms with E-state index in [4.69, 9.17) is 11.6 Å². The van der Waals surface area contributed by atoms with Crippen molar-refractivity contribution in [3.8, 4) is 0 Å². The Balaban J connectivity index is 2.02. The molecule has 2 rings (SSSR count). The van der Waals surface area contributed by atoms with Gasteiger partial charge in [0.25, 0.3) is 0 Å². The van der Waals surface area contributed by atoms with E-state index in [1.807, 2.05) is 13.8 Å². The summed E-state index contributed by atoms with van der Waals surface area (Å²) in [6.07, 6.45) is 1.42. The first kappa shape index (κ1) is 15.4. The van der Waals surface area contributed by atoms with Crippen LogP contribution in [0.5, 0.6) is 0 Å². The van der Waals surface area contributed by atoms with E-state index >= 15 is 0 Å². The number of aliphatic hydroxyl groups excluding tert-OH is 1. The van der Waals surface area contributed by atoms with Crippen molar-refractivity contribution in [3.63, 3.8) is 0 Å². The van der Waals surface area contributed by atoms with Crippen LogP contribution in [0.25, 0.3) is 0 Å². The largest absolute Gasteiger partial charge is 0.391 e. The maximum atomic E-state index is 9.85. The number of aliphatic hydroxyl groups is 2. The van der Waals surface area contributed by atoms with Gasteiger partial charge in [-0.2, -0.15) is 0 Å². The van der Waals surface area contributed by atoms with Gasteiger partial charge in [0.1, 0.15) is 17.3 Å². The van der Waals surface area contributed by atoms with Gasteiger partial charge in [-0.25, -0.2) is 9.97 Å². The molecule has 1 fully saturated rings. The number of hydrogen-bond donors (Lipinski definition) is 2. The Morgan fingerprint density at radius 1 is 1.25 bits per heavy atom. The van der Waals surface area contributed by atoms with Crippen molar-refractivity contribution in [2.45, 2.75) is 26.1 Å². The summed E-state index contributed by atoms with van der Waals surface area (Å²) in [7, 11) is 0. The molecule has 6 nitrogen and oxygen atoms in total. The van der Waals surface area contributed by atoms with Crippen molar-refractivity contribution in [2.24, 2.45) is 0 Å². The third-order valence-electron chi connectivity index (χ3n) is 3.31. The van der Waals surface area contributed by atoms with Gasteiger partial charge >= 0.3 is 0 Å². The molecule has 0 radical (unpaired) electrons. The molecule has 0 spiro atoms. The molecule has 1 aromatic rings. The summed E-state index contributed by atoms with van der Waals surface area (Å²) < 4.78 is 0. The Labute approximate surface area is 124 Å². The Bertz CT molecular complexity index is 456. The van der Waals surface area contributed by atoms with E-state index in [1.54, 1.807) is 0 Å². The molecule has 1 aliphatic heterocycles. The maximum absolute atomic E-state index is 9.85. The molecule has 0 unspecified atom stereocenters. The van der Waals surface area contributed by atoms with E-state index in [2.05, 4.69) is 19.8 Å². The lowest BCUT2D eigenvalue weighted by Gasteiger charge is -2.38. The zero-order valence-electron chi connectivity index (χ0n) is 11.9. The van der Waals surface area contributed by atoms with E-state index in [0.29, 0.717) is 23.1 Å². The second-order valence-corrected chi connectivity index (χ2v) is 6.06. The van der Waals surface area contributed by atoms with Gasteiger partial charge in [-0.05, 0) is 13.8 Å². The SMILES string of the molecule is CC(C)(O)CN1CCN(c2ncnc(Cl)c2CO)CC1. The number of nitrogens with zero attached hydrogens (tertiary/aromatic N) is 4. The van der Waals surface area contributed by atoms with Gasteiger partial charge < -0.3 is 15.1 Å². The van der Waals surface area contributed by atoms with Crippen molar-refractivity contribution in [2.75, 3.05) is 37.6 Å². The predicted octanol–water partition coefficient (Wildman–Crippen LogP) is 0.515. The maximum Gasteiger partial charge on any atom is 0.140 e. The topological polar surface area (TPSA) is 72.7 Å². The lowest BCUT2D eigenvalue weighted by molar-refractivity contribution is 0.0344. The highest BCUT2D eigenvalue weighted by atomic mass is 35.5. The lowest BCUT2D eigenvalue weighted by atomic mass is 10.1. The first-order chi connectivity index (χ1) is 9.40. The summed E-state index contributed by atoms with van der Waals surface area (Å²) in [6.45, 7) is 7.37. The first-order valence-corrected chi connectivity index (χ1v) is 7.08. The highest BCUT2D eigenvalue weighted by molar-refractivity contribution is 6.30. The van der Waals surface area contributed by atoms with Gasteiger partial charge in [0.05, 0.1) is 17.8 Å². The molecule has 0 saturated carbocycles. The zero-order chi connectivity index (χ0) is 14.8. The third kappa shape index (κ3) is 3.79. The lowest BCUT2D eigenvalue weighted by Crippen LogP contribution is -2.50. The fraction of sp³-hybridized carbons (Fsp3) is 0.692. The summed E-state index contributed by atoms with van der Waals surface area (Å²) >= 11 is 5.98. The van der Waals surface area contributed by atoms with Gasteiger partial charge in [-0.15, -0.1) is 0 Å². The summed E-state index contributed by atoms with van der Waals surface area (Å²) in [4.78, 5) is 12.4. The fourth-order valence-corrected chi connectivity index (χ4v) is 2.64. The quantitative estimate of drug-likeness (QED) is 0.790. The number of aromatic nitrogens is 2. The van der Waals surface area contributed by atoms with Gasteiger partial charge in [0.15, 0.2) is 0 Å². The molecule has 0 atom stereocenters. The monoisotopic (exact) mass is 300 g/mol. The second-order valence-electron chi connectivity index (χ2n) is 5.70. The molecule has 2 heterocycles. The summed E-state index contributed by atoms with van der Waals surface area (Å²) in [6, 6.07) is 0. The molecule has 0 aliphatic carbocycles. The molecular formula is C13H21ClN4O2. The third-order valence-corrected chi connectivity index (χ3v) is 3.64.